The summed E-state index contributed by atoms with van der Waals surface area (Å²) in [6.07, 6.45) is 2.40. The lowest BCUT2D eigenvalue weighted by Gasteiger charge is -2.18. The first-order valence-corrected chi connectivity index (χ1v) is 10.2. The van der Waals surface area contributed by atoms with Crippen LogP contribution in [0, 0.1) is 0 Å². The van der Waals surface area contributed by atoms with Gasteiger partial charge in [0.1, 0.15) is 0 Å². The minimum Gasteiger partial charge on any atom is -0.306 e. The Hall–Kier alpha value is -0.290. The van der Waals surface area contributed by atoms with Crippen molar-refractivity contribution in [2.24, 2.45) is 0 Å². The molecule has 0 bridgehead atoms. The highest BCUT2D eigenvalue weighted by Crippen LogP contribution is 2.36. The van der Waals surface area contributed by atoms with Gasteiger partial charge in [-0.1, -0.05) is 35.0 Å². The van der Waals surface area contributed by atoms with Crippen LogP contribution in [0.1, 0.15) is 40.3 Å². The first-order valence-electron chi connectivity index (χ1n) is 7.46. The first kappa shape index (κ1) is 15.6. The van der Waals surface area contributed by atoms with Gasteiger partial charge in [0, 0.05) is 20.0 Å². The van der Waals surface area contributed by atoms with Crippen LogP contribution in [0.25, 0.3) is 0 Å². The molecule has 1 aliphatic heterocycles. The highest BCUT2D eigenvalue weighted by molar-refractivity contribution is 9.10. The van der Waals surface area contributed by atoms with E-state index in [0.29, 0.717) is 6.04 Å². The molecule has 1 unspecified atom stereocenters. The summed E-state index contributed by atoms with van der Waals surface area (Å²) in [6, 6.07) is 11.5. The molecule has 1 nitrogen and oxygen atoms in total. The lowest BCUT2D eigenvalue weighted by atomic mass is 10.0. The fraction of sp³-hybridized carbons (Fsp3) is 0.412. The van der Waals surface area contributed by atoms with Crippen LogP contribution in [0.3, 0.4) is 0 Å². The fourth-order valence-electron chi connectivity index (χ4n) is 2.64. The van der Waals surface area contributed by atoms with Gasteiger partial charge in [-0.05, 0) is 54.5 Å². The molecule has 0 amide bonds. The molecule has 3 rings (SSSR count). The van der Waals surface area contributed by atoms with E-state index in [1.165, 1.54) is 28.4 Å². The molecule has 112 valence electrons. The molecule has 1 atom stereocenters. The van der Waals surface area contributed by atoms with Crippen molar-refractivity contribution in [1.29, 1.82) is 0 Å². The van der Waals surface area contributed by atoms with Crippen LogP contribution in [0.2, 0.25) is 0 Å². The highest BCUT2D eigenvalue weighted by Gasteiger charge is 2.20. The van der Waals surface area contributed by atoms with E-state index in [0.717, 1.165) is 17.4 Å². The summed E-state index contributed by atoms with van der Waals surface area (Å²) in [5.74, 6) is 2.46. The van der Waals surface area contributed by atoms with Crippen LogP contribution in [-0.2, 0) is 12.2 Å². The fourth-order valence-corrected chi connectivity index (χ4v) is 5.38. The van der Waals surface area contributed by atoms with Gasteiger partial charge in [-0.15, -0.1) is 11.3 Å². The van der Waals surface area contributed by atoms with Gasteiger partial charge in [-0.25, -0.2) is 0 Å². The molecule has 1 aromatic heterocycles. The third-order valence-electron chi connectivity index (χ3n) is 3.73. The van der Waals surface area contributed by atoms with Crippen molar-refractivity contribution in [3.63, 3.8) is 0 Å². The average Bonchev–Trinajstić information content (AvgIpc) is 2.93. The van der Waals surface area contributed by atoms with Gasteiger partial charge in [0.2, 0.25) is 0 Å². The predicted molar refractivity (Wildman–Crippen MR) is 98.5 cm³/mol. The van der Waals surface area contributed by atoms with Crippen molar-refractivity contribution in [3.8, 4) is 0 Å². The number of aryl methyl sites for hydroxylation is 1. The zero-order valence-electron chi connectivity index (χ0n) is 12.2. The Balaban J connectivity index is 1.91. The number of halogens is 1. The van der Waals surface area contributed by atoms with E-state index in [1.807, 2.05) is 11.3 Å². The molecular weight excluding hydrogens is 362 g/mol. The molecule has 0 fully saturated rings. The number of thioether (sulfide) groups is 1. The molecule has 1 aromatic carbocycles. The number of rotatable bonds is 5. The number of fused-ring (bicyclic) bond motifs is 1. The molecule has 21 heavy (non-hydrogen) atoms. The molecule has 0 saturated carbocycles. The van der Waals surface area contributed by atoms with Gasteiger partial charge in [-0.3, -0.25) is 0 Å². The standard InChI is InChI=1S/C17H20BrNS2/c1-2-8-19-17(12-3-5-14(18)6-4-12)16-10-13-11-20-9-7-15(13)21-16/h3-6,10,17,19H,2,7-9,11H2,1H3. The van der Waals surface area contributed by atoms with Gasteiger partial charge in [0.05, 0.1) is 6.04 Å². The number of hydrogen-bond donors (Lipinski definition) is 1. The Bertz CT molecular complexity index is 568. The monoisotopic (exact) mass is 381 g/mol. The smallest absolute Gasteiger partial charge is 0.0671 e. The van der Waals surface area contributed by atoms with E-state index >= 15 is 0 Å². The van der Waals surface area contributed by atoms with Crippen molar-refractivity contribution < 1.29 is 0 Å². The van der Waals surface area contributed by atoms with E-state index in [2.05, 4.69) is 70.3 Å². The molecule has 0 spiro atoms. The van der Waals surface area contributed by atoms with Gasteiger partial charge in [-0.2, -0.15) is 11.8 Å². The Morgan fingerprint density at radius 1 is 1.29 bits per heavy atom. The van der Waals surface area contributed by atoms with Gasteiger partial charge < -0.3 is 5.32 Å². The van der Waals surface area contributed by atoms with Crippen LogP contribution in [0.15, 0.2) is 34.8 Å². The third kappa shape index (κ3) is 3.73. The van der Waals surface area contributed by atoms with Crippen molar-refractivity contribution in [3.05, 3.63) is 55.7 Å². The number of benzene rings is 1. The Kier molecular flexibility index (Phi) is 5.43. The van der Waals surface area contributed by atoms with E-state index in [9.17, 15) is 0 Å². The summed E-state index contributed by atoms with van der Waals surface area (Å²) in [5.41, 5.74) is 2.92. The Morgan fingerprint density at radius 2 is 2.10 bits per heavy atom. The second-order valence-electron chi connectivity index (χ2n) is 5.34. The summed E-state index contributed by atoms with van der Waals surface area (Å²) in [4.78, 5) is 3.07. The molecule has 2 aromatic rings. The SMILES string of the molecule is CCCNC(c1ccc(Br)cc1)c1cc2c(s1)CCSC2. The van der Waals surface area contributed by atoms with Crippen molar-refractivity contribution in [1.82, 2.24) is 5.32 Å². The second kappa shape index (κ2) is 7.32. The van der Waals surface area contributed by atoms with E-state index in [-0.39, 0.29) is 0 Å². The zero-order chi connectivity index (χ0) is 14.7. The molecular formula is C17H20BrNS2. The minimum atomic E-state index is 0.332. The summed E-state index contributed by atoms with van der Waals surface area (Å²) < 4.78 is 1.14. The molecule has 0 radical (unpaired) electrons. The molecule has 0 aliphatic carbocycles. The second-order valence-corrected chi connectivity index (χ2v) is 8.53. The molecule has 1 N–H and O–H groups in total. The van der Waals surface area contributed by atoms with Crippen molar-refractivity contribution in [2.45, 2.75) is 31.6 Å². The maximum absolute atomic E-state index is 3.72. The largest absolute Gasteiger partial charge is 0.306 e. The van der Waals surface area contributed by atoms with Crippen LogP contribution < -0.4 is 5.32 Å². The summed E-state index contributed by atoms with van der Waals surface area (Å²) in [7, 11) is 0. The van der Waals surface area contributed by atoms with E-state index < -0.39 is 0 Å². The molecule has 4 heteroatoms. The Morgan fingerprint density at radius 3 is 2.81 bits per heavy atom. The number of thiophene rings is 1. The van der Waals surface area contributed by atoms with Crippen LogP contribution >= 0.6 is 39.0 Å². The van der Waals surface area contributed by atoms with Crippen molar-refractivity contribution in [2.75, 3.05) is 12.3 Å². The zero-order valence-corrected chi connectivity index (χ0v) is 15.4. The maximum Gasteiger partial charge on any atom is 0.0671 e. The van der Waals surface area contributed by atoms with Gasteiger partial charge in [0.15, 0.2) is 0 Å². The highest BCUT2D eigenvalue weighted by atomic mass is 79.9. The van der Waals surface area contributed by atoms with E-state index in [4.69, 9.17) is 0 Å². The average molecular weight is 382 g/mol. The van der Waals surface area contributed by atoms with Crippen LogP contribution in [0.5, 0.6) is 0 Å². The molecule has 2 heterocycles. The van der Waals surface area contributed by atoms with E-state index in [1.54, 1.807) is 10.4 Å². The normalized spacial score (nSPS) is 15.7. The lowest BCUT2D eigenvalue weighted by Crippen LogP contribution is -2.22. The quantitative estimate of drug-likeness (QED) is 0.744. The third-order valence-corrected chi connectivity index (χ3v) is 6.57. The maximum atomic E-state index is 3.72. The van der Waals surface area contributed by atoms with Crippen molar-refractivity contribution >= 4 is 39.0 Å². The first-order chi connectivity index (χ1) is 10.3. The summed E-state index contributed by atoms with van der Waals surface area (Å²) >= 11 is 7.59. The van der Waals surface area contributed by atoms with Crippen LogP contribution in [0.4, 0.5) is 0 Å². The Labute approximate surface area is 143 Å². The predicted octanol–water partition coefficient (Wildman–Crippen LogP) is 5.39. The molecule has 1 aliphatic rings. The number of nitrogens with one attached hydrogen (secondary N) is 1. The molecule has 0 saturated heterocycles. The van der Waals surface area contributed by atoms with Gasteiger partial charge in [0.25, 0.3) is 0 Å². The summed E-state index contributed by atoms with van der Waals surface area (Å²) in [5, 5.41) is 3.72. The van der Waals surface area contributed by atoms with Gasteiger partial charge >= 0.3 is 0 Å². The topological polar surface area (TPSA) is 12.0 Å². The number of hydrogen-bond acceptors (Lipinski definition) is 3. The van der Waals surface area contributed by atoms with Crippen LogP contribution in [-0.4, -0.2) is 12.3 Å². The lowest BCUT2D eigenvalue weighted by molar-refractivity contribution is 0.605. The summed E-state index contributed by atoms with van der Waals surface area (Å²) in [6.45, 7) is 3.28. The minimum absolute atomic E-state index is 0.332.